The van der Waals surface area contributed by atoms with Gasteiger partial charge in [0.15, 0.2) is 5.13 Å². The molecule has 1 aliphatic heterocycles. The Balaban J connectivity index is 1.61. The lowest BCUT2D eigenvalue weighted by Crippen LogP contribution is -2.42. The zero-order valence-corrected chi connectivity index (χ0v) is 16.4. The summed E-state index contributed by atoms with van der Waals surface area (Å²) < 4.78 is 0. The summed E-state index contributed by atoms with van der Waals surface area (Å²) in [6.07, 6.45) is 3.83. The fourth-order valence-corrected chi connectivity index (χ4v) is 5.00. The minimum Gasteiger partial charge on any atom is -0.390 e. The second-order valence-electron chi connectivity index (χ2n) is 8.54. The highest BCUT2D eigenvalue weighted by Gasteiger charge is 2.44. The van der Waals surface area contributed by atoms with E-state index in [1.54, 1.807) is 11.3 Å². The summed E-state index contributed by atoms with van der Waals surface area (Å²) in [4.78, 5) is 27.3. The Morgan fingerprint density at radius 1 is 1.27 bits per heavy atom. The van der Waals surface area contributed by atoms with Crippen molar-refractivity contribution in [2.75, 3.05) is 18.0 Å². The van der Waals surface area contributed by atoms with E-state index in [4.69, 9.17) is 4.98 Å². The number of nitrogens with one attached hydrogen (secondary N) is 1. The average molecular weight is 375 g/mol. The molecule has 2 aromatic heterocycles. The highest BCUT2D eigenvalue weighted by atomic mass is 32.1. The van der Waals surface area contributed by atoms with Gasteiger partial charge < -0.3 is 15.0 Å². The number of fused-ring (bicyclic) bond motifs is 2. The van der Waals surface area contributed by atoms with Crippen molar-refractivity contribution in [3.63, 3.8) is 0 Å². The molecule has 1 fully saturated rings. The van der Waals surface area contributed by atoms with Gasteiger partial charge in [-0.2, -0.15) is 0 Å². The predicted octanol–water partition coefficient (Wildman–Crippen LogP) is 2.50. The SMILES string of the molecule is CC(C)(C)c1nc2c(c(=O)[nH]1)CCC21CCN(c2nc(CO)cs2)CC1. The molecule has 0 aromatic carbocycles. The van der Waals surface area contributed by atoms with E-state index in [0.29, 0.717) is 0 Å². The lowest BCUT2D eigenvalue weighted by molar-refractivity contribution is 0.277. The monoisotopic (exact) mass is 374 g/mol. The van der Waals surface area contributed by atoms with Gasteiger partial charge in [-0.05, 0) is 25.7 Å². The highest BCUT2D eigenvalue weighted by molar-refractivity contribution is 7.13. The van der Waals surface area contributed by atoms with E-state index in [1.165, 1.54) is 0 Å². The molecule has 7 heteroatoms. The summed E-state index contributed by atoms with van der Waals surface area (Å²) in [6.45, 7) is 8.08. The number of aromatic amines is 1. The molecule has 6 nitrogen and oxygen atoms in total. The fourth-order valence-electron chi connectivity index (χ4n) is 4.13. The van der Waals surface area contributed by atoms with Gasteiger partial charge in [0.2, 0.25) is 0 Å². The van der Waals surface area contributed by atoms with Crippen LogP contribution in [0.15, 0.2) is 10.2 Å². The van der Waals surface area contributed by atoms with Gasteiger partial charge in [-0.1, -0.05) is 20.8 Å². The molecule has 0 radical (unpaired) electrons. The first-order chi connectivity index (χ1) is 12.3. The lowest BCUT2D eigenvalue weighted by Gasteiger charge is -2.39. The number of hydrogen-bond acceptors (Lipinski definition) is 6. The number of anilines is 1. The van der Waals surface area contributed by atoms with Crippen LogP contribution in [0.1, 0.15) is 62.8 Å². The van der Waals surface area contributed by atoms with E-state index in [2.05, 4.69) is 35.6 Å². The molecule has 4 rings (SSSR count). The molecule has 26 heavy (non-hydrogen) atoms. The van der Waals surface area contributed by atoms with E-state index in [-0.39, 0.29) is 23.0 Å². The molecule has 1 saturated heterocycles. The Labute approximate surface area is 157 Å². The summed E-state index contributed by atoms with van der Waals surface area (Å²) in [5.74, 6) is 0.789. The van der Waals surface area contributed by atoms with Crippen LogP contribution in [0.2, 0.25) is 0 Å². The second-order valence-corrected chi connectivity index (χ2v) is 9.38. The fraction of sp³-hybridized carbons (Fsp3) is 0.632. The molecule has 0 atom stereocenters. The molecule has 0 saturated carbocycles. The van der Waals surface area contributed by atoms with Gasteiger partial charge in [0.1, 0.15) is 5.82 Å². The van der Waals surface area contributed by atoms with Crippen molar-refractivity contribution in [2.24, 2.45) is 0 Å². The maximum atomic E-state index is 12.6. The molecule has 140 valence electrons. The summed E-state index contributed by atoms with van der Waals surface area (Å²) in [7, 11) is 0. The number of aliphatic hydroxyl groups is 1. The van der Waals surface area contributed by atoms with Crippen LogP contribution in [0.25, 0.3) is 0 Å². The molecular formula is C19H26N4O2S. The molecule has 2 aromatic rings. The van der Waals surface area contributed by atoms with Gasteiger partial charge in [-0.3, -0.25) is 4.79 Å². The van der Waals surface area contributed by atoms with Crippen molar-refractivity contribution in [3.8, 4) is 0 Å². The van der Waals surface area contributed by atoms with Crippen molar-refractivity contribution in [1.82, 2.24) is 15.0 Å². The smallest absolute Gasteiger partial charge is 0.254 e. The minimum atomic E-state index is -0.166. The van der Waals surface area contributed by atoms with Gasteiger partial charge in [0.25, 0.3) is 5.56 Å². The molecule has 0 bridgehead atoms. The molecule has 2 N–H and O–H groups in total. The van der Waals surface area contributed by atoms with Crippen LogP contribution in [0.5, 0.6) is 0 Å². The normalized spacial score (nSPS) is 19.2. The largest absolute Gasteiger partial charge is 0.390 e. The van der Waals surface area contributed by atoms with Crippen molar-refractivity contribution in [3.05, 3.63) is 38.5 Å². The van der Waals surface area contributed by atoms with Crippen molar-refractivity contribution >= 4 is 16.5 Å². The Morgan fingerprint density at radius 2 is 2.00 bits per heavy atom. The van der Waals surface area contributed by atoms with Crippen LogP contribution in [-0.4, -0.2) is 33.1 Å². The van der Waals surface area contributed by atoms with Gasteiger partial charge in [0, 0.05) is 34.9 Å². The maximum absolute atomic E-state index is 12.6. The van der Waals surface area contributed by atoms with Crippen LogP contribution in [0.4, 0.5) is 5.13 Å². The number of piperidine rings is 1. The van der Waals surface area contributed by atoms with Gasteiger partial charge >= 0.3 is 0 Å². The van der Waals surface area contributed by atoms with E-state index in [0.717, 1.165) is 66.7 Å². The first kappa shape index (κ1) is 17.7. The van der Waals surface area contributed by atoms with E-state index < -0.39 is 0 Å². The molecule has 0 amide bonds. The van der Waals surface area contributed by atoms with Crippen LogP contribution in [0, 0.1) is 0 Å². The topological polar surface area (TPSA) is 82.1 Å². The Kier molecular flexibility index (Phi) is 4.19. The summed E-state index contributed by atoms with van der Waals surface area (Å²) in [6, 6.07) is 0. The number of aromatic nitrogens is 3. The second kappa shape index (κ2) is 6.16. The first-order valence-corrected chi connectivity index (χ1v) is 10.1. The molecular weight excluding hydrogens is 348 g/mol. The molecule has 1 aliphatic carbocycles. The first-order valence-electron chi connectivity index (χ1n) is 9.27. The molecule has 2 aliphatic rings. The summed E-state index contributed by atoms with van der Waals surface area (Å²) in [5.41, 5.74) is 2.58. The quantitative estimate of drug-likeness (QED) is 0.844. The van der Waals surface area contributed by atoms with Crippen LogP contribution in [0.3, 0.4) is 0 Å². The van der Waals surface area contributed by atoms with Crippen molar-refractivity contribution < 1.29 is 5.11 Å². The predicted molar refractivity (Wildman–Crippen MR) is 103 cm³/mol. The van der Waals surface area contributed by atoms with E-state index in [9.17, 15) is 9.90 Å². The third-order valence-corrected chi connectivity index (χ3v) is 6.72. The average Bonchev–Trinajstić information content (AvgIpc) is 3.21. The highest BCUT2D eigenvalue weighted by Crippen LogP contribution is 2.45. The number of H-pyrrole nitrogens is 1. The zero-order valence-electron chi connectivity index (χ0n) is 15.6. The van der Waals surface area contributed by atoms with Gasteiger partial charge in [-0.15, -0.1) is 11.3 Å². The third-order valence-electron chi connectivity index (χ3n) is 5.77. The van der Waals surface area contributed by atoms with Gasteiger partial charge in [0.05, 0.1) is 18.0 Å². The Hall–Kier alpha value is -1.73. The number of rotatable bonds is 2. The maximum Gasteiger partial charge on any atom is 0.254 e. The standard InChI is InChI=1S/C19H26N4O2S/c1-18(2,3)16-21-14-13(15(25)22-16)4-5-19(14)6-8-23(9-7-19)17-20-12(10-24)11-26-17/h11,24H,4-10H2,1-3H3,(H,21,22,25). The number of hydrogen-bond donors (Lipinski definition) is 2. The molecule has 3 heterocycles. The van der Waals surface area contributed by atoms with E-state index >= 15 is 0 Å². The minimum absolute atomic E-state index is 0.00999. The van der Waals surface area contributed by atoms with Crippen molar-refractivity contribution in [1.29, 1.82) is 0 Å². The number of aliphatic hydroxyl groups excluding tert-OH is 1. The lowest BCUT2D eigenvalue weighted by atomic mass is 9.76. The van der Waals surface area contributed by atoms with E-state index in [1.807, 2.05) is 5.38 Å². The number of thiazole rings is 1. The number of nitrogens with zero attached hydrogens (tertiary/aromatic N) is 3. The summed E-state index contributed by atoms with van der Waals surface area (Å²) >= 11 is 1.59. The van der Waals surface area contributed by atoms with Crippen LogP contribution in [-0.2, 0) is 23.9 Å². The van der Waals surface area contributed by atoms with Gasteiger partial charge in [-0.25, -0.2) is 9.97 Å². The third kappa shape index (κ3) is 2.87. The van der Waals surface area contributed by atoms with Crippen LogP contribution >= 0.6 is 11.3 Å². The summed E-state index contributed by atoms with van der Waals surface area (Å²) in [5, 5.41) is 12.1. The molecule has 0 unspecified atom stereocenters. The molecule has 1 spiro atoms. The van der Waals surface area contributed by atoms with Crippen molar-refractivity contribution in [2.45, 2.75) is 63.9 Å². The van der Waals surface area contributed by atoms with Crippen LogP contribution < -0.4 is 10.5 Å². The Morgan fingerprint density at radius 3 is 2.62 bits per heavy atom. The zero-order chi connectivity index (χ0) is 18.5. The Bertz CT molecular complexity index is 872.